The van der Waals surface area contributed by atoms with Crippen molar-refractivity contribution in [2.24, 2.45) is 0 Å². The van der Waals surface area contributed by atoms with Crippen molar-refractivity contribution in [2.45, 2.75) is 20.0 Å². The zero-order valence-corrected chi connectivity index (χ0v) is 10.8. The van der Waals surface area contributed by atoms with Crippen LogP contribution in [0.2, 0.25) is 0 Å². The highest BCUT2D eigenvalue weighted by Crippen LogP contribution is 2.09. The van der Waals surface area contributed by atoms with Crippen LogP contribution in [0.15, 0.2) is 10.6 Å². The molecule has 0 atom stereocenters. The number of nitrogens with one attached hydrogen (secondary N) is 1. The van der Waals surface area contributed by atoms with Crippen molar-refractivity contribution < 1.29 is 4.52 Å². The molecule has 17 heavy (non-hydrogen) atoms. The highest BCUT2D eigenvalue weighted by atomic mass is 16.5. The predicted molar refractivity (Wildman–Crippen MR) is 66.7 cm³/mol. The van der Waals surface area contributed by atoms with Crippen molar-refractivity contribution in [3.8, 4) is 0 Å². The number of rotatable bonds is 5. The number of hydrogen-bond acceptors (Lipinski definition) is 5. The number of aromatic nitrogens is 1. The van der Waals surface area contributed by atoms with Crippen molar-refractivity contribution in [1.29, 1.82) is 0 Å². The molecule has 0 bridgehead atoms. The molecular formula is C12H22N4O. The lowest BCUT2D eigenvalue weighted by Crippen LogP contribution is -2.43. The van der Waals surface area contributed by atoms with Gasteiger partial charge < -0.3 is 14.7 Å². The Bertz CT molecular complexity index is 331. The van der Waals surface area contributed by atoms with E-state index in [-0.39, 0.29) is 0 Å². The molecule has 96 valence electrons. The molecule has 5 heteroatoms. The first-order chi connectivity index (χ1) is 8.28. The average Bonchev–Trinajstić information content (AvgIpc) is 2.77. The maximum Gasteiger partial charge on any atom is 0.151 e. The first-order valence-corrected chi connectivity index (χ1v) is 6.34. The third-order valence-corrected chi connectivity index (χ3v) is 3.14. The lowest BCUT2D eigenvalue weighted by atomic mass is 10.3. The molecule has 1 N–H and O–H groups in total. The third-order valence-electron chi connectivity index (χ3n) is 3.14. The lowest BCUT2D eigenvalue weighted by Gasteiger charge is -2.31. The van der Waals surface area contributed by atoms with E-state index in [2.05, 4.69) is 40.3 Å². The summed E-state index contributed by atoms with van der Waals surface area (Å²) in [6.07, 6.45) is 0. The molecule has 0 unspecified atom stereocenters. The van der Waals surface area contributed by atoms with Gasteiger partial charge in [-0.15, -0.1) is 0 Å². The highest BCUT2D eigenvalue weighted by molar-refractivity contribution is 5.05. The van der Waals surface area contributed by atoms with Crippen LogP contribution in [0, 0.1) is 0 Å². The molecule has 1 aromatic rings. The minimum Gasteiger partial charge on any atom is -0.360 e. The fraction of sp³-hybridized carbons (Fsp3) is 0.750. The number of piperazine rings is 1. The Hall–Kier alpha value is -0.910. The molecule has 1 saturated heterocycles. The third kappa shape index (κ3) is 3.80. The van der Waals surface area contributed by atoms with Gasteiger partial charge in [0, 0.05) is 38.8 Å². The standard InChI is InChI=1S/C12H22N4O/c1-3-13-9-11-8-12(17-14-11)10-16-6-4-15(2)5-7-16/h8,13H,3-7,9-10H2,1-2H3. The maximum absolute atomic E-state index is 5.35. The lowest BCUT2D eigenvalue weighted by molar-refractivity contribution is 0.137. The summed E-state index contributed by atoms with van der Waals surface area (Å²) in [5.74, 6) is 0.974. The SMILES string of the molecule is CCNCc1cc(CN2CCN(C)CC2)on1. The fourth-order valence-electron chi connectivity index (χ4n) is 1.99. The van der Waals surface area contributed by atoms with E-state index in [1.54, 1.807) is 0 Å². The zero-order valence-electron chi connectivity index (χ0n) is 10.8. The molecule has 0 aliphatic carbocycles. The minimum atomic E-state index is 0.794. The van der Waals surface area contributed by atoms with E-state index in [9.17, 15) is 0 Å². The van der Waals surface area contributed by atoms with E-state index >= 15 is 0 Å². The summed E-state index contributed by atoms with van der Waals surface area (Å²) in [5, 5.41) is 7.30. The molecule has 5 nitrogen and oxygen atoms in total. The van der Waals surface area contributed by atoms with E-state index < -0.39 is 0 Å². The van der Waals surface area contributed by atoms with Gasteiger partial charge in [0.2, 0.25) is 0 Å². The molecule has 0 aromatic carbocycles. The van der Waals surface area contributed by atoms with Crippen LogP contribution in [0.25, 0.3) is 0 Å². The molecule has 0 amide bonds. The van der Waals surface area contributed by atoms with Crippen LogP contribution in [-0.4, -0.2) is 54.7 Å². The van der Waals surface area contributed by atoms with Gasteiger partial charge in [-0.05, 0) is 13.6 Å². The summed E-state index contributed by atoms with van der Waals surface area (Å²) in [7, 11) is 2.17. The van der Waals surface area contributed by atoms with Crippen molar-refractivity contribution in [3.63, 3.8) is 0 Å². The van der Waals surface area contributed by atoms with Gasteiger partial charge in [-0.3, -0.25) is 4.90 Å². The van der Waals surface area contributed by atoms with Gasteiger partial charge >= 0.3 is 0 Å². The molecule has 0 radical (unpaired) electrons. The maximum atomic E-state index is 5.35. The molecule has 1 fully saturated rings. The fourth-order valence-corrected chi connectivity index (χ4v) is 1.99. The van der Waals surface area contributed by atoms with E-state index in [1.807, 2.05) is 0 Å². The predicted octanol–water partition coefficient (Wildman–Crippen LogP) is 0.532. The van der Waals surface area contributed by atoms with Gasteiger partial charge in [0.15, 0.2) is 5.76 Å². The van der Waals surface area contributed by atoms with Crippen LogP contribution in [0.3, 0.4) is 0 Å². The van der Waals surface area contributed by atoms with Crippen LogP contribution in [0.5, 0.6) is 0 Å². The van der Waals surface area contributed by atoms with Gasteiger partial charge in [0.05, 0.1) is 12.2 Å². The summed E-state index contributed by atoms with van der Waals surface area (Å²) in [6.45, 7) is 9.22. The van der Waals surface area contributed by atoms with Gasteiger partial charge in [-0.1, -0.05) is 12.1 Å². The average molecular weight is 238 g/mol. The molecule has 1 aliphatic rings. The van der Waals surface area contributed by atoms with E-state index in [0.29, 0.717) is 0 Å². The Morgan fingerprint density at radius 3 is 2.82 bits per heavy atom. The topological polar surface area (TPSA) is 44.5 Å². The first kappa shape index (κ1) is 12.5. The Kier molecular flexibility index (Phi) is 4.53. The molecule has 1 aromatic heterocycles. The van der Waals surface area contributed by atoms with Crippen LogP contribution >= 0.6 is 0 Å². The van der Waals surface area contributed by atoms with Crippen LogP contribution in [0.1, 0.15) is 18.4 Å². The summed E-state index contributed by atoms with van der Waals surface area (Å²) in [4.78, 5) is 4.77. The van der Waals surface area contributed by atoms with Crippen molar-refractivity contribution in [2.75, 3.05) is 39.8 Å². The summed E-state index contributed by atoms with van der Waals surface area (Å²) >= 11 is 0. The second-order valence-electron chi connectivity index (χ2n) is 4.64. The monoisotopic (exact) mass is 238 g/mol. The Morgan fingerprint density at radius 2 is 2.12 bits per heavy atom. The van der Waals surface area contributed by atoms with Crippen molar-refractivity contribution in [1.82, 2.24) is 20.3 Å². The molecule has 0 saturated carbocycles. The van der Waals surface area contributed by atoms with Gasteiger partial charge in [-0.2, -0.15) is 0 Å². The molecule has 1 aliphatic heterocycles. The molecular weight excluding hydrogens is 216 g/mol. The smallest absolute Gasteiger partial charge is 0.151 e. The summed E-state index contributed by atoms with van der Waals surface area (Å²) in [6, 6.07) is 2.06. The van der Waals surface area contributed by atoms with E-state index in [1.165, 1.54) is 0 Å². The number of hydrogen-bond donors (Lipinski definition) is 1. The molecule has 0 spiro atoms. The minimum absolute atomic E-state index is 0.794. The van der Waals surface area contributed by atoms with Crippen molar-refractivity contribution in [3.05, 3.63) is 17.5 Å². The quantitative estimate of drug-likeness (QED) is 0.811. The summed E-state index contributed by atoms with van der Waals surface area (Å²) < 4.78 is 5.35. The molecule has 2 rings (SSSR count). The van der Waals surface area contributed by atoms with Gasteiger partial charge in [0.25, 0.3) is 0 Å². The van der Waals surface area contributed by atoms with Gasteiger partial charge in [0.1, 0.15) is 0 Å². The molecule has 2 heterocycles. The van der Waals surface area contributed by atoms with Gasteiger partial charge in [-0.25, -0.2) is 0 Å². The summed E-state index contributed by atoms with van der Waals surface area (Å²) in [5.41, 5.74) is 0.996. The largest absolute Gasteiger partial charge is 0.360 e. The van der Waals surface area contributed by atoms with E-state index in [4.69, 9.17) is 4.52 Å². The Labute approximate surface area is 103 Å². The highest BCUT2D eigenvalue weighted by Gasteiger charge is 2.15. The Balaban J connectivity index is 1.80. The second-order valence-corrected chi connectivity index (χ2v) is 4.64. The van der Waals surface area contributed by atoms with Crippen LogP contribution in [-0.2, 0) is 13.1 Å². The number of nitrogens with zero attached hydrogens (tertiary/aromatic N) is 3. The second kappa shape index (κ2) is 6.14. The van der Waals surface area contributed by atoms with E-state index in [0.717, 1.165) is 57.3 Å². The van der Waals surface area contributed by atoms with Crippen LogP contribution in [0.4, 0.5) is 0 Å². The van der Waals surface area contributed by atoms with Crippen molar-refractivity contribution >= 4 is 0 Å². The number of likely N-dealkylation sites (N-methyl/N-ethyl adjacent to an activating group) is 1. The Morgan fingerprint density at radius 1 is 1.35 bits per heavy atom. The zero-order chi connectivity index (χ0) is 12.1. The first-order valence-electron chi connectivity index (χ1n) is 6.34. The van der Waals surface area contributed by atoms with Crippen LogP contribution < -0.4 is 5.32 Å². The normalized spacial score (nSPS) is 18.7.